The van der Waals surface area contributed by atoms with Gasteiger partial charge in [-0.3, -0.25) is 0 Å². The molecule has 0 N–H and O–H groups in total. The molecule has 1 nitrogen and oxygen atoms in total. The van der Waals surface area contributed by atoms with E-state index in [-0.39, 0.29) is 0 Å². The lowest BCUT2D eigenvalue weighted by atomic mass is 10.0. The maximum Gasteiger partial charge on any atom is 0.0919 e. The van der Waals surface area contributed by atoms with Crippen LogP contribution in [0.5, 0.6) is 0 Å². The summed E-state index contributed by atoms with van der Waals surface area (Å²) in [5, 5.41) is 0. The molecule has 0 bridgehead atoms. The molecular weight excluding hydrogens is 300 g/mol. The van der Waals surface area contributed by atoms with E-state index in [1.165, 1.54) is 75.5 Å². The van der Waals surface area contributed by atoms with Gasteiger partial charge >= 0.3 is 0 Å². The van der Waals surface area contributed by atoms with Gasteiger partial charge in [0, 0.05) is 11.5 Å². The molecule has 0 amide bonds. The molecular formula is C21H34OS. The molecule has 0 aromatic heterocycles. The van der Waals surface area contributed by atoms with Crippen molar-refractivity contribution in [1.82, 2.24) is 0 Å². The first-order valence-corrected chi connectivity index (χ1v) is 10.8. The van der Waals surface area contributed by atoms with Gasteiger partial charge in [0.25, 0.3) is 0 Å². The van der Waals surface area contributed by atoms with Gasteiger partial charge in [0.15, 0.2) is 0 Å². The lowest BCUT2D eigenvalue weighted by molar-refractivity contribution is 0.000901. The van der Waals surface area contributed by atoms with Crippen LogP contribution in [-0.4, -0.2) is 17.6 Å². The highest BCUT2D eigenvalue weighted by molar-refractivity contribution is 7.99. The lowest BCUT2D eigenvalue weighted by Gasteiger charge is -2.30. The summed E-state index contributed by atoms with van der Waals surface area (Å²) >= 11 is 2.06. The van der Waals surface area contributed by atoms with Gasteiger partial charge in [0.2, 0.25) is 0 Å². The van der Waals surface area contributed by atoms with Crippen LogP contribution in [0.2, 0.25) is 0 Å². The van der Waals surface area contributed by atoms with Gasteiger partial charge in [-0.15, -0.1) is 0 Å². The van der Waals surface area contributed by atoms with E-state index in [4.69, 9.17) is 4.74 Å². The fraction of sp³-hybridized carbons (Fsp3) is 0.714. The molecule has 1 saturated heterocycles. The molecule has 0 aliphatic carbocycles. The van der Waals surface area contributed by atoms with E-state index in [1.807, 2.05) is 0 Å². The van der Waals surface area contributed by atoms with Crippen molar-refractivity contribution in [1.29, 1.82) is 0 Å². The lowest BCUT2D eigenvalue weighted by Crippen LogP contribution is -2.26. The highest BCUT2D eigenvalue weighted by Crippen LogP contribution is 2.31. The molecule has 1 fully saturated rings. The highest BCUT2D eigenvalue weighted by Gasteiger charge is 2.23. The van der Waals surface area contributed by atoms with Crippen LogP contribution in [-0.2, 0) is 4.74 Å². The quantitative estimate of drug-likeness (QED) is 0.412. The van der Waals surface area contributed by atoms with E-state index < -0.39 is 0 Å². The molecule has 0 spiro atoms. The molecule has 130 valence electrons. The predicted molar refractivity (Wildman–Crippen MR) is 103 cm³/mol. The minimum atomic E-state index is 0.304. The summed E-state index contributed by atoms with van der Waals surface area (Å²) in [6, 6.07) is 10.7. The molecule has 0 saturated carbocycles. The minimum Gasteiger partial charge on any atom is -0.369 e. The topological polar surface area (TPSA) is 9.23 Å². The maximum atomic E-state index is 6.32. The van der Waals surface area contributed by atoms with Gasteiger partial charge in [-0.2, -0.15) is 11.8 Å². The molecule has 2 heteroatoms. The summed E-state index contributed by atoms with van der Waals surface area (Å²) in [4.78, 5) is 0. The fourth-order valence-corrected chi connectivity index (χ4v) is 4.42. The Balaban J connectivity index is 1.52. The van der Waals surface area contributed by atoms with Crippen LogP contribution in [0.4, 0.5) is 0 Å². The zero-order valence-electron chi connectivity index (χ0n) is 14.8. The number of rotatable bonds is 11. The average Bonchev–Trinajstić information content (AvgIpc) is 2.61. The second-order valence-corrected chi connectivity index (χ2v) is 7.89. The van der Waals surface area contributed by atoms with Gasteiger partial charge in [-0.05, 0) is 12.0 Å². The van der Waals surface area contributed by atoms with Crippen LogP contribution in [0.15, 0.2) is 30.3 Å². The Labute approximate surface area is 147 Å². The van der Waals surface area contributed by atoms with Crippen LogP contribution >= 0.6 is 11.8 Å². The Hall–Kier alpha value is -0.470. The third kappa shape index (κ3) is 7.76. The number of ether oxygens (including phenoxy) is 1. The Bertz CT molecular complexity index is 392. The molecule has 1 aromatic carbocycles. The smallest absolute Gasteiger partial charge is 0.0919 e. The highest BCUT2D eigenvalue weighted by atomic mass is 32.2. The minimum absolute atomic E-state index is 0.304. The van der Waals surface area contributed by atoms with Gasteiger partial charge < -0.3 is 4.74 Å². The second-order valence-electron chi connectivity index (χ2n) is 6.81. The van der Waals surface area contributed by atoms with Crippen LogP contribution in [0, 0.1) is 0 Å². The van der Waals surface area contributed by atoms with Crippen molar-refractivity contribution in [3.05, 3.63) is 35.9 Å². The van der Waals surface area contributed by atoms with Crippen LogP contribution < -0.4 is 0 Å². The van der Waals surface area contributed by atoms with E-state index in [0.717, 1.165) is 5.75 Å². The largest absolute Gasteiger partial charge is 0.369 e. The van der Waals surface area contributed by atoms with E-state index >= 15 is 0 Å². The third-order valence-electron chi connectivity index (χ3n) is 4.73. The molecule has 0 radical (unpaired) electrons. The summed E-state index contributed by atoms with van der Waals surface area (Å²) in [6.45, 7) is 2.29. The Kier molecular flexibility index (Phi) is 9.82. The van der Waals surface area contributed by atoms with Crippen LogP contribution in [0.25, 0.3) is 0 Å². The first-order valence-electron chi connectivity index (χ1n) is 9.68. The third-order valence-corrected chi connectivity index (χ3v) is 5.88. The molecule has 1 aliphatic heterocycles. The van der Waals surface area contributed by atoms with Crippen molar-refractivity contribution in [2.75, 3.05) is 11.5 Å². The monoisotopic (exact) mass is 334 g/mol. The normalized spacial score (nSPS) is 21.4. The number of thioether (sulfide) groups is 1. The van der Waals surface area contributed by atoms with E-state index in [2.05, 4.69) is 49.0 Å². The molecule has 2 rings (SSSR count). The zero-order valence-corrected chi connectivity index (χ0v) is 15.7. The Morgan fingerprint density at radius 3 is 2.22 bits per heavy atom. The van der Waals surface area contributed by atoms with E-state index in [1.54, 1.807) is 0 Å². The van der Waals surface area contributed by atoms with E-state index in [0.29, 0.717) is 12.2 Å². The molecule has 1 heterocycles. The summed E-state index contributed by atoms with van der Waals surface area (Å²) < 4.78 is 6.32. The van der Waals surface area contributed by atoms with Crippen molar-refractivity contribution in [2.45, 2.75) is 83.3 Å². The van der Waals surface area contributed by atoms with Gasteiger partial charge in [0.1, 0.15) is 0 Å². The first kappa shape index (κ1) is 18.9. The second kappa shape index (κ2) is 12.0. The predicted octanol–water partition coefficient (Wildman–Crippen LogP) is 6.78. The summed E-state index contributed by atoms with van der Waals surface area (Å²) in [5.74, 6) is 2.29. The number of benzene rings is 1. The van der Waals surface area contributed by atoms with Crippen molar-refractivity contribution in [3.8, 4) is 0 Å². The van der Waals surface area contributed by atoms with Gasteiger partial charge in [0.05, 0.1) is 12.2 Å². The average molecular weight is 335 g/mol. The van der Waals surface area contributed by atoms with Crippen molar-refractivity contribution in [3.63, 3.8) is 0 Å². The number of hydrogen-bond donors (Lipinski definition) is 0. The maximum absolute atomic E-state index is 6.32. The van der Waals surface area contributed by atoms with Crippen molar-refractivity contribution >= 4 is 11.8 Å². The van der Waals surface area contributed by atoms with Gasteiger partial charge in [-0.1, -0.05) is 95.0 Å². The van der Waals surface area contributed by atoms with Crippen LogP contribution in [0.1, 0.15) is 82.8 Å². The van der Waals surface area contributed by atoms with Crippen molar-refractivity contribution in [2.24, 2.45) is 0 Å². The molecule has 23 heavy (non-hydrogen) atoms. The van der Waals surface area contributed by atoms with Crippen LogP contribution in [0.3, 0.4) is 0 Å². The molecule has 1 aromatic rings. The Morgan fingerprint density at radius 2 is 1.52 bits per heavy atom. The van der Waals surface area contributed by atoms with Crippen molar-refractivity contribution < 1.29 is 4.74 Å². The molecule has 0 unspecified atom stereocenters. The zero-order chi connectivity index (χ0) is 16.2. The standard InChI is InChI=1S/C21H34OS/c1-2-3-4-5-6-7-8-9-13-16-20-17-23-18-21(22-20)19-14-11-10-12-15-19/h10-12,14-15,20-21H,2-9,13,16-18H2,1H3/t20-,21-/m1/s1. The molecule has 1 aliphatic rings. The summed E-state index contributed by atoms with van der Waals surface area (Å²) in [6.07, 6.45) is 14.6. The molecule has 2 atom stereocenters. The van der Waals surface area contributed by atoms with Gasteiger partial charge in [-0.25, -0.2) is 0 Å². The number of hydrogen-bond acceptors (Lipinski definition) is 2. The SMILES string of the molecule is CCCCCCCCCCC[C@@H]1CSC[C@H](c2ccccc2)O1. The Morgan fingerprint density at radius 1 is 0.870 bits per heavy atom. The first-order chi connectivity index (χ1) is 11.4. The fourth-order valence-electron chi connectivity index (χ4n) is 3.29. The van der Waals surface area contributed by atoms with E-state index in [9.17, 15) is 0 Å². The summed E-state index contributed by atoms with van der Waals surface area (Å²) in [7, 11) is 0. The number of unbranched alkanes of at least 4 members (excludes halogenated alkanes) is 8. The summed E-state index contributed by atoms with van der Waals surface area (Å²) in [5.41, 5.74) is 1.34.